The molecule has 0 aliphatic carbocycles. The summed E-state index contributed by atoms with van der Waals surface area (Å²) in [4.78, 5) is 0. The van der Waals surface area contributed by atoms with Crippen LogP contribution in [0.1, 0.15) is 115 Å². The van der Waals surface area contributed by atoms with Crippen molar-refractivity contribution in [1.29, 1.82) is 0 Å². The minimum atomic E-state index is 1.13. The molecule has 0 heterocycles. The van der Waals surface area contributed by atoms with Crippen molar-refractivity contribution in [3.63, 3.8) is 0 Å². The number of hydrogen-bond acceptors (Lipinski definition) is 0. The lowest BCUT2D eigenvalue weighted by atomic mass is 10.1. The molecule has 0 N–H and O–H groups in total. The van der Waals surface area contributed by atoms with Crippen LogP contribution in [0.3, 0.4) is 0 Å². The van der Waals surface area contributed by atoms with Gasteiger partial charge in [0.25, 0.3) is 0 Å². The summed E-state index contributed by atoms with van der Waals surface area (Å²) in [5.74, 6) is 0. The summed E-state index contributed by atoms with van der Waals surface area (Å²) in [6.07, 6.45) is 27.9. The number of allylic oxidation sites excluding steroid dienone is 4. The van der Waals surface area contributed by atoms with Crippen LogP contribution in [0.5, 0.6) is 0 Å². The molecule has 0 bridgehead atoms. The van der Waals surface area contributed by atoms with E-state index >= 15 is 0 Å². The van der Waals surface area contributed by atoms with Gasteiger partial charge >= 0.3 is 0 Å². The predicted octanol–water partition coefficient (Wildman–Crippen LogP) is 10.8. The van der Waals surface area contributed by atoms with Gasteiger partial charge < -0.3 is 4.48 Å². The van der Waals surface area contributed by atoms with Crippen molar-refractivity contribution in [1.82, 2.24) is 0 Å². The summed E-state index contributed by atoms with van der Waals surface area (Å²) in [6.45, 7) is 9.36. The first-order chi connectivity index (χ1) is 18.3. The number of nitrogens with zero attached hydrogens (tertiary/aromatic N) is 1. The Hall–Kier alpha value is -2.12. The van der Waals surface area contributed by atoms with Crippen LogP contribution >= 0.6 is 0 Å². The molecule has 0 radical (unpaired) electrons. The van der Waals surface area contributed by atoms with E-state index in [1.54, 1.807) is 0 Å². The van der Waals surface area contributed by atoms with Gasteiger partial charge in [0.2, 0.25) is 0 Å². The second-order valence-corrected chi connectivity index (χ2v) is 11.0. The molecule has 0 atom stereocenters. The summed E-state index contributed by atoms with van der Waals surface area (Å²) in [5.41, 5.74) is 2.95. The Morgan fingerprint density at radius 3 is 1.16 bits per heavy atom. The third kappa shape index (κ3) is 15.0. The van der Waals surface area contributed by atoms with Gasteiger partial charge in [0.15, 0.2) is 0 Å². The maximum Gasteiger partial charge on any atom is 0.105 e. The van der Waals surface area contributed by atoms with Gasteiger partial charge in [0.05, 0.1) is 13.1 Å². The Balaban J connectivity index is 1.99. The molecular formula is C36H56N+. The van der Waals surface area contributed by atoms with Gasteiger partial charge in [-0.05, 0) is 64.2 Å². The van der Waals surface area contributed by atoms with Crippen LogP contribution in [-0.4, -0.2) is 17.6 Å². The molecule has 2 aromatic rings. The van der Waals surface area contributed by atoms with E-state index in [0.29, 0.717) is 0 Å². The number of unbranched alkanes of at least 4 members (excludes halogenated alkanes) is 10. The lowest BCUT2D eigenvalue weighted by Gasteiger charge is -2.39. The Morgan fingerprint density at radius 1 is 0.459 bits per heavy atom. The van der Waals surface area contributed by atoms with Crippen LogP contribution < -0.4 is 0 Å². The molecule has 204 valence electrons. The third-order valence-electron chi connectivity index (χ3n) is 7.51. The molecule has 0 spiro atoms. The minimum absolute atomic E-state index is 1.13. The number of benzene rings is 2. The fraction of sp³-hybridized carbons (Fsp3) is 0.556. The largest absolute Gasteiger partial charge is 0.316 e. The maximum absolute atomic E-state index is 2.44. The van der Waals surface area contributed by atoms with E-state index in [1.165, 1.54) is 119 Å². The van der Waals surface area contributed by atoms with Crippen molar-refractivity contribution in [3.8, 4) is 0 Å². The molecule has 0 saturated carbocycles. The summed E-state index contributed by atoms with van der Waals surface area (Å²) in [7, 11) is 0. The number of hydrogen-bond donors (Lipinski definition) is 0. The number of rotatable bonds is 22. The summed E-state index contributed by atoms with van der Waals surface area (Å²) in [6, 6.07) is 22.4. The van der Waals surface area contributed by atoms with E-state index in [-0.39, 0.29) is 0 Å². The fourth-order valence-corrected chi connectivity index (χ4v) is 5.34. The monoisotopic (exact) mass is 502 g/mol. The first kappa shape index (κ1) is 31.1. The highest BCUT2D eigenvalue weighted by molar-refractivity contribution is 5.15. The Morgan fingerprint density at radius 2 is 0.811 bits per heavy atom. The quantitative estimate of drug-likeness (QED) is 0.0853. The highest BCUT2D eigenvalue weighted by atomic mass is 15.3. The van der Waals surface area contributed by atoms with Crippen LogP contribution in [0.25, 0.3) is 0 Å². The van der Waals surface area contributed by atoms with Gasteiger partial charge in [-0.25, -0.2) is 0 Å². The second kappa shape index (κ2) is 20.9. The second-order valence-electron chi connectivity index (χ2n) is 11.0. The van der Waals surface area contributed by atoms with E-state index in [0.717, 1.165) is 13.1 Å². The van der Waals surface area contributed by atoms with Crippen LogP contribution in [0.15, 0.2) is 85.0 Å². The van der Waals surface area contributed by atoms with Crippen molar-refractivity contribution in [2.24, 2.45) is 0 Å². The molecule has 0 aliphatic rings. The Bertz CT molecular complexity index is 749. The highest BCUT2D eigenvalue weighted by Crippen LogP contribution is 2.23. The zero-order valence-corrected chi connectivity index (χ0v) is 24.3. The van der Waals surface area contributed by atoms with Crippen LogP contribution in [0, 0.1) is 0 Å². The number of quaternary nitrogens is 1. The topological polar surface area (TPSA) is 0 Å². The van der Waals surface area contributed by atoms with E-state index in [2.05, 4.69) is 98.8 Å². The average molecular weight is 503 g/mol. The van der Waals surface area contributed by atoms with E-state index in [1.807, 2.05) is 0 Å². The standard InChI is InChI=1S/C36H56N/c1-3-5-7-9-11-13-15-17-25-31-37(33-35-27-21-19-22-28-35,34-36-29-23-20-24-30-36)32-26-18-16-14-12-10-8-6-4-2/h11-14,19-24,27-30H,3-10,15-18,25-26,31-34H2,1-2H3/q+1/b13-11+,14-12+. The van der Waals surface area contributed by atoms with Crippen molar-refractivity contribution in [2.75, 3.05) is 13.1 Å². The van der Waals surface area contributed by atoms with Crippen molar-refractivity contribution < 1.29 is 4.48 Å². The van der Waals surface area contributed by atoms with Gasteiger partial charge in [-0.15, -0.1) is 0 Å². The van der Waals surface area contributed by atoms with Gasteiger partial charge in [-0.2, -0.15) is 0 Å². The Labute approximate surface area is 230 Å². The van der Waals surface area contributed by atoms with Gasteiger partial charge in [0.1, 0.15) is 13.1 Å². The summed E-state index contributed by atoms with van der Waals surface area (Å²) >= 11 is 0. The average Bonchev–Trinajstić information content (AvgIpc) is 2.92. The lowest BCUT2D eigenvalue weighted by molar-refractivity contribution is -0.954. The molecule has 0 amide bonds. The smallest absolute Gasteiger partial charge is 0.105 e. The van der Waals surface area contributed by atoms with Crippen LogP contribution in [-0.2, 0) is 13.1 Å². The Kier molecular flexibility index (Phi) is 17.6. The first-order valence-electron chi connectivity index (χ1n) is 15.5. The molecular weight excluding hydrogens is 446 g/mol. The lowest BCUT2D eigenvalue weighted by Crippen LogP contribution is -2.48. The van der Waals surface area contributed by atoms with Gasteiger partial charge in [0, 0.05) is 11.1 Å². The van der Waals surface area contributed by atoms with E-state index in [4.69, 9.17) is 0 Å². The molecule has 1 nitrogen and oxygen atoms in total. The van der Waals surface area contributed by atoms with Crippen molar-refractivity contribution >= 4 is 0 Å². The maximum atomic E-state index is 2.44. The fourth-order valence-electron chi connectivity index (χ4n) is 5.34. The molecule has 0 unspecified atom stereocenters. The van der Waals surface area contributed by atoms with Crippen LogP contribution in [0.2, 0.25) is 0 Å². The molecule has 2 aromatic carbocycles. The SMILES string of the molecule is CCCCC/C=C/CCCC[N+](CCCC/C=C/CCCCC)(Cc1ccccc1)Cc1ccccc1. The molecule has 2 rings (SSSR count). The zero-order valence-electron chi connectivity index (χ0n) is 24.3. The predicted molar refractivity (Wildman–Crippen MR) is 165 cm³/mol. The van der Waals surface area contributed by atoms with Crippen molar-refractivity contribution in [3.05, 3.63) is 96.1 Å². The molecule has 1 heteroatoms. The molecule has 0 aliphatic heterocycles. The third-order valence-corrected chi connectivity index (χ3v) is 7.51. The van der Waals surface area contributed by atoms with Gasteiger partial charge in [-0.3, -0.25) is 0 Å². The highest BCUT2D eigenvalue weighted by Gasteiger charge is 2.27. The molecule has 37 heavy (non-hydrogen) atoms. The van der Waals surface area contributed by atoms with Crippen molar-refractivity contribution in [2.45, 2.75) is 117 Å². The van der Waals surface area contributed by atoms with Gasteiger partial charge in [-0.1, -0.05) is 124 Å². The molecule has 0 saturated heterocycles. The summed E-state index contributed by atoms with van der Waals surface area (Å²) < 4.78 is 1.18. The summed E-state index contributed by atoms with van der Waals surface area (Å²) in [5, 5.41) is 0. The first-order valence-corrected chi connectivity index (χ1v) is 15.5. The molecule has 0 aromatic heterocycles. The van der Waals surface area contributed by atoms with E-state index < -0.39 is 0 Å². The molecule has 0 fully saturated rings. The van der Waals surface area contributed by atoms with Crippen LogP contribution in [0.4, 0.5) is 0 Å². The normalized spacial score (nSPS) is 12.2. The minimum Gasteiger partial charge on any atom is -0.316 e. The van der Waals surface area contributed by atoms with E-state index in [9.17, 15) is 0 Å². The zero-order chi connectivity index (χ0) is 26.3.